The Morgan fingerprint density at radius 3 is 2.69 bits per heavy atom. The van der Waals surface area contributed by atoms with Gasteiger partial charge >= 0.3 is 0 Å². The van der Waals surface area contributed by atoms with Crippen molar-refractivity contribution in [2.45, 2.75) is 19.3 Å². The molecule has 1 aliphatic rings. The number of hydrogen-bond acceptors (Lipinski definition) is 5. The third-order valence-electron chi connectivity index (χ3n) is 6.89. The number of nitrogens with one attached hydrogen (secondary N) is 1. The van der Waals surface area contributed by atoms with Gasteiger partial charge in [0.2, 0.25) is 5.91 Å². The third-order valence-corrected chi connectivity index (χ3v) is 6.89. The van der Waals surface area contributed by atoms with Crippen molar-refractivity contribution < 1.29 is 4.79 Å². The third kappa shape index (κ3) is 3.98. The Hall–Kier alpha value is -4.52. The molecule has 0 bridgehead atoms. The van der Waals surface area contributed by atoms with Crippen molar-refractivity contribution in [2.24, 2.45) is 13.0 Å². The molecule has 0 saturated heterocycles. The molecule has 7 nitrogen and oxygen atoms in total. The normalized spacial score (nSPS) is 16.7. The molecule has 1 amide bonds. The molecule has 1 fully saturated rings. The van der Waals surface area contributed by atoms with Gasteiger partial charge in [0.1, 0.15) is 11.6 Å². The van der Waals surface area contributed by atoms with Crippen molar-refractivity contribution >= 4 is 28.3 Å². The second-order valence-corrected chi connectivity index (χ2v) is 9.43. The van der Waals surface area contributed by atoms with Crippen LogP contribution in [0.3, 0.4) is 0 Å². The van der Waals surface area contributed by atoms with Gasteiger partial charge < -0.3 is 11.1 Å². The Morgan fingerprint density at radius 2 is 1.92 bits per heavy atom. The van der Waals surface area contributed by atoms with E-state index in [9.17, 15) is 4.79 Å². The van der Waals surface area contributed by atoms with E-state index in [1.807, 2.05) is 49.8 Å². The number of aryl methyl sites for hydroxylation is 2. The van der Waals surface area contributed by atoms with Gasteiger partial charge in [-0.15, -0.1) is 0 Å². The second kappa shape index (κ2) is 8.61. The summed E-state index contributed by atoms with van der Waals surface area (Å²) in [6, 6.07) is 20.4. The van der Waals surface area contributed by atoms with Crippen LogP contribution in [-0.2, 0) is 11.8 Å². The smallest absolute Gasteiger partial charge is 0.229 e. The predicted octanol–water partition coefficient (Wildman–Crippen LogP) is 5.33. The number of carbonyl (C=O) groups excluding carboxylic acids is 1. The van der Waals surface area contributed by atoms with E-state index in [2.05, 4.69) is 52.7 Å². The Kier molecular flexibility index (Phi) is 5.25. The maximum absolute atomic E-state index is 12.9. The quantitative estimate of drug-likeness (QED) is 0.359. The molecule has 1 saturated carbocycles. The number of aromatic nitrogens is 4. The summed E-state index contributed by atoms with van der Waals surface area (Å²) in [5.74, 6) is 1.04. The van der Waals surface area contributed by atoms with Crippen LogP contribution in [0.25, 0.3) is 33.2 Å². The molecular formula is C29H26N6O. The average Bonchev–Trinajstić information content (AvgIpc) is 3.57. The Morgan fingerprint density at radius 1 is 1.08 bits per heavy atom. The Bertz CT molecular complexity index is 1610. The fraction of sp³-hybridized carbons (Fsp3) is 0.172. The van der Waals surface area contributed by atoms with E-state index in [-0.39, 0.29) is 17.7 Å². The molecule has 36 heavy (non-hydrogen) atoms. The summed E-state index contributed by atoms with van der Waals surface area (Å²) >= 11 is 0. The van der Waals surface area contributed by atoms with Gasteiger partial charge in [-0.05, 0) is 59.0 Å². The number of fused-ring (bicyclic) bond motifs is 1. The highest BCUT2D eigenvalue weighted by Crippen LogP contribution is 2.47. The van der Waals surface area contributed by atoms with Crippen LogP contribution in [0.5, 0.6) is 0 Å². The zero-order valence-corrected chi connectivity index (χ0v) is 20.1. The topological polar surface area (TPSA) is 98.7 Å². The summed E-state index contributed by atoms with van der Waals surface area (Å²) in [5.41, 5.74) is 12.6. The van der Waals surface area contributed by atoms with Gasteiger partial charge in [0.15, 0.2) is 0 Å². The summed E-state index contributed by atoms with van der Waals surface area (Å²) in [4.78, 5) is 22.1. The van der Waals surface area contributed by atoms with Crippen LogP contribution in [0.4, 0.5) is 11.6 Å². The van der Waals surface area contributed by atoms with Gasteiger partial charge in [0.05, 0.1) is 11.9 Å². The molecule has 1 aliphatic carbocycles. The van der Waals surface area contributed by atoms with Crippen LogP contribution in [0.2, 0.25) is 0 Å². The fourth-order valence-corrected chi connectivity index (χ4v) is 4.94. The van der Waals surface area contributed by atoms with Crippen LogP contribution in [0.1, 0.15) is 23.5 Å². The number of pyridine rings is 2. The molecule has 0 unspecified atom stereocenters. The first-order chi connectivity index (χ1) is 17.5. The molecule has 3 aromatic heterocycles. The molecule has 2 aromatic carbocycles. The predicted molar refractivity (Wildman–Crippen MR) is 142 cm³/mol. The average molecular weight is 475 g/mol. The summed E-state index contributed by atoms with van der Waals surface area (Å²) < 4.78 is 1.77. The number of nitrogens with zero attached hydrogens (tertiary/aromatic N) is 4. The first-order valence-corrected chi connectivity index (χ1v) is 12.0. The molecule has 0 spiro atoms. The maximum atomic E-state index is 12.9. The van der Waals surface area contributed by atoms with Crippen molar-refractivity contribution in [3.05, 3.63) is 90.4 Å². The SMILES string of the molecule is Cc1cccc(-c2ccccc2)c1-c1cc2cc(NC(=O)[C@@H]3C[C@H]3c3cnn(C)c3)ncc2c(N)n1. The summed E-state index contributed by atoms with van der Waals surface area (Å²) in [7, 11) is 1.88. The maximum Gasteiger partial charge on any atom is 0.229 e. The Labute approximate surface area is 209 Å². The van der Waals surface area contributed by atoms with Crippen LogP contribution in [-0.4, -0.2) is 25.7 Å². The molecule has 6 rings (SSSR count). The molecule has 3 N–H and O–H groups in total. The summed E-state index contributed by atoms with van der Waals surface area (Å²) in [5, 5.41) is 8.84. The number of carbonyl (C=O) groups is 1. The largest absolute Gasteiger partial charge is 0.383 e. The van der Waals surface area contributed by atoms with Gasteiger partial charge in [0.25, 0.3) is 0 Å². The lowest BCUT2D eigenvalue weighted by molar-refractivity contribution is -0.117. The highest BCUT2D eigenvalue weighted by atomic mass is 16.2. The Balaban J connectivity index is 1.33. The monoisotopic (exact) mass is 474 g/mol. The minimum absolute atomic E-state index is 0.0248. The highest BCUT2D eigenvalue weighted by Gasteiger charge is 2.44. The van der Waals surface area contributed by atoms with Crippen molar-refractivity contribution in [1.29, 1.82) is 0 Å². The van der Waals surface area contributed by atoms with Crippen molar-refractivity contribution in [3.8, 4) is 22.4 Å². The number of rotatable bonds is 5. The first-order valence-electron chi connectivity index (χ1n) is 12.0. The molecular weight excluding hydrogens is 448 g/mol. The zero-order valence-electron chi connectivity index (χ0n) is 20.1. The van der Waals surface area contributed by atoms with E-state index < -0.39 is 0 Å². The molecule has 3 heterocycles. The van der Waals surface area contributed by atoms with Crippen LogP contribution in [0.15, 0.2) is 79.3 Å². The second-order valence-electron chi connectivity index (χ2n) is 9.43. The van der Waals surface area contributed by atoms with E-state index in [1.165, 1.54) is 0 Å². The molecule has 178 valence electrons. The van der Waals surface area contributed by atoms with Crippen molar-refractivity contribution in [1.82, 2.24) is 19.7 Å². The van der Waals surface area contributed by atoms with Crippen molar-refractivity contribution in [3.63, 3.8) is 0 Å². The van der Waals surface area contributed by atoms with Crippen LogP contribution >= 0.6 is 0 Å². The van der Waals surface area contributed by atoms with E-state index in [4.69, 9.17) is 10.7 Å². The van der Waals surface area contributed by atoms with E-state index >= 15 is 0 Å². The van der Waals surface area contributed by atoms with Gasteiger partial charge in [-0.3, -0.25) is 9.48 Å². The van der Waals surface area contributed by atoms with Crippen molar-refractivity contribution in [2.75, 3.05) is 11.1 Å². The van der Waals surface area contributed by atoms with E-state index in [0.29, 0.717) is 11.6 Å². The van der Waals surface area contributed by atoms with Gasteiger partial charge in [-0.25, -0.2) is 9.97 Å². The number of hydrogen-bond donors (Lipinski definition) is 2. The number of nitrogens with two attached hydrogens (primary N) is 1. The molecule has 0 aliphatic heterocycles. The minimum atomic E-state index is -0.0647. The summed E-state index contributed by atoms with van der Waals surface area (Å²) in [6.45, 7) is 2.08. The lowest BCUT2D eigenvalue weighted by atomic mass is 9.93. The lowest BCUT2D eigenvalue weighted by Gasteiger charge is -2.14. The van der Waals surface area contributed by atoms with Gasteiger partial charge in [-0.1, -0.05) is 48.5 Å². The molecule has 5 aromatic rings. The molecule has 0 radical (unpaired) electrons. The van der Waals surface area contributed by atoms with Gasteiger partial charge in [-0.2, -0.15) is 5.10 Å². The highest BCUT2D eigenvalue weighted by molar-refractivity contribution is 5.99. The van der Waals surface area contributed by atoms with E-state index in [1.54, 1.807) is 10.9 Å². The fourth-order valence-electron chi connectivity index (χ4n) is 4.94. The standard InChI is InChI=1S/C29H26N6O/c1-17-7-6-10-21(18-8-4-3-5-9-18)27(17)25-11-19-12-26(31-15-24(19)28(30)33-25)34-29(36)23-13-22(23)20-14-32-35(2)16-20/h3-12,14-16,22-23H,13H2,1-2H3,(H2,30,33)(H,31,34,36)/t22-,23+/m0/s1. The van der Waals surface area contributed by atoms with Crippen LogP contribution < -0.4 is 11.1 Å². The lowest BCUT2D eigenvalue weighted by Crippen LogP contribution is -2.15. The summed E-state index contributed by atoms with van der Waals surface area (Å²) in [6.07, 6.45) is 6.30. The molecule has 2 atom stereocenters. The number of nitrogen functional groups attached to an aromatic ring is 1. The number of benzene rings is 2. The zero-order chi connectivity index (χ0) is 24.8. The van der Waals surface area contributed by atoms with Gasteiger partial charge in [0, 0.05) is 36.3 Å². The van der Waals surface area contributed by atoms with E-state index in [0.717, 1.165) is 50.7 Å². The number of amides is 1. The number of anilines is 2. The minimum Gasteiger partial charge on any atom is -0.383 e. The first kappa shape index (κ1) is 22.0. The van der Waals surface area contributed by atoms with Crippen LogP contribution in [0, 0.1) is 12.8 Å². The molecule has 7 heteroatoms.